The number of nitrogens with zero attached hydrogens (tertiary/aromatic N) is 1. The molecule has 2 heterocycles. The van der Waals surface area contributed by atoms with Crippen molar-refractivity contribution in [2.75, 3.05) is 13.2 Å². The van der Waals surface area contributed by atoms with Crippen molar-refractivity contribution in [1.82, 2.24) is 15.2 Å². The lowest BCUT2D eigenvalue weighted by atomic mass is 9.82. The van der Waals surface area contributed by atoms with Crippen LogP contribution in [0.25, 0.3) is 0 Å². The number of Topliss-reactive ketones (excluding diaryl/α,β-unsaturated/α-hetero) is 1. The van der Waals surface area contributed by atoms with Crippen molar-refractivity contribution in [3.8, 4) is 0 Å². The van der Waals surface area contributed by atoms with Crippen LogP contribution in [0.15, 0.2) is 0 Å². The zero-order chi connectivity index (χ0) is 19.8. The zero-order valence-corrected chi connectivity index (χ0v) is 15.9. The highest BCUT2D eigenvalue weighted by atomic mass is 16.5. The summed E-state index contributed by atoms with van der Waals surface area (Å²) in [6.07, 6.45) is 4.02. The van der Waals surface area contributed by atoms with Crippen molar-refractivity contribution in [3.05, 3.63) is 22.5 Å². The van der Waals surface area contributed by atoms with E-state index in [2.05, 4.69) is 10.3 Å². The Labute approximate surface area is 157 Å². The largest absolute Gasteiger partial charge is 0.462 e. The van der Waals surface area contributed by atoms with E-state index in [1.54, 1.807) is 20.8 Å². The Morgan fingerprint density at radius 1 is 1.15 bits per heavy atom. The van der Waals surface area contributed by atoms with Gasteiger partial charge in [0, 0.05) is 5.69 Å². The first-order valence-corrected chi connectivity index (χ1v) is 9.34. The second-order valence-corrected chi connectivity index (χ2v) is 7.23. The highest BCUT2D eigenvalue weighted by Gasteiger charge is 2.51. The number of ether oxygens (including phenoxy) is 1. The van der Waals surface area contributed by atoms with E-state index < -0.39 is 23.3 Å². The Hall–Kier alpha value is -2.64. The molecular formula is C19H25N3O5. The summed E-state index contributed by atoms with van der Waals surface area (Å²) in [5.41, 5.74) is 0.680. The van der Waals surface area contributed by atoms with Crippen LogP contribution in [0, 0.1) is 13.8 Å². The standard InChI is InChI=1S/C19H25N3O5/c1-4-27-16(24)14-11(2)15(20-12(14)3)13(23)10-22-17(25)19(21-18(22)26)8-6-5-7-9-19/h20H,4-10H2,1-3H3,(H,21,26). The van der Waals surface area contributed by atoms with Gasteiger partial charge >= 0.3 is 12.0 Å². The summed E-state index contributed by atoms with van der Waals surface area (Å²) in [5, 5.41) is 2.79. The Morgan fingerprint density at radius 2 is 1.81 bits per heavy atom. The van der Waals surface area contributed by atoms with E-state index in [-0.39, 0.29) is 24.8 Å². The SMILES string of the molecule is CCOC(=O)c1c(C)[nH]c(C(=O)CN2C(=O)NC3(CCCCC3)C2=O)c1C. The number of urea groups is 1. The fraction of sp³-hybridized carbons (Fsp3) is 0.579. The Bertz CT molecular complexity index is 805. The second-order valence-electron chi connectivity index (χ2n) is 7.23. The molecule has 8 heteroatoms. The third kappa shape index (κ3) is 3.24. The molecule has 146 valence electrons. The smallest absolute Gasteiger partial charge is 0.340 e. The molecule has 1 spiro atoms. The number of esters is 1. The first-order valence-electron chi connectivity index (χ1n) is 9.34. The number of aromatic amines is 1. The average molecular weight is 375 g/mol. The maximum Gasteiger partial charge on any atom is 0.340 e. The highest BCUT2D eigenvalue weighted by Crippen LogP contribution is 2.33. The van der Waals surface area contributed by atoms with Gasteiger partial charge in [-0.1, -0.05) is 19.3 Å². The summed E-state index contributed by atoms with van der Waals surface area (Å²) in [4.78, 5) is 53.9. The topological polar surface area (TPSA) is 109 Å². The summed E-state index contributed by atoms with van der Waals surface area (Å²) >= 11 is 0. The molecule has 2 fully saturated rings. The van der Waals surface area contributed by atoms with Gasteiger partial charge in [-0.25, -0.2) is 9.59 Å². The number of hydrogen-bond acceptors (Lipinski definition) is 5. The van der Waals surface area contributed by atoms with Gasteiger partial charge in [0.2, 0.25) is 0 Å². The molecule has 27 heavy (non-hydrogen) atoms. The van der Waals surface area contributed by atoms with Crippen molar-refractivity contribution in [2.24, 2.45) is 0 Å². The number of H-pyrrole nitrogens is 1. The van der Waals surface area contributed by atoms with E-state index >= 15 is 0 Å². The van der Waals surface area contributed by atoms with Gasteiger partial charge in [0.15, 0.2) is 5.78 Å². The van der Waals surface area contributed by atoms with Gasteiger partial charge < -0.3 is 15.0 Å². The summed E-state index contributed by atoms with van der Waals surface area (Å²) < 4.78 is 5.03. The first kappa shape index (κ1) is 19.1. The minimum atomic E-state index is -0.855. The van der Waals surface area contributed by atoms with E-state index in [9.17, 15) is 19.2 Å². The minimum absolute atomic E-state index is 0.223. The lowest BCUT2D eigenvalue weighted by molar-refractivity contribution is -0.132. The predicted octanol–water partition coefficient (Wildman–Crippen LogP) is 2.25. The van der Waals surface area contributed by atoms with Crippen LogP contribution < -0.4 is 5.32 Å². The number of carbonyl (C=O) groups excluding carboxylic acids is 4. The van der Waals surface area contributed by atoms with Crippen LogP contribution in [-0.2, 0) is 9.53 Å². The van der Waals surface area contributed by atoms with Crippen molar-refractivity contribution in [1.29, 1.82) is 0 Å². The van der Waals surface area contributed by atoms with Gasteiger partial charge in [0.05, 0.1) is 24.4 Å². The van der Waals surface area contributed by atoms with E-state index in [1.165, 1.54) is 0 Å². The van der Waals surface area contributed by atoms with E-state index in [4.69, 9.17) is 4.74 Å². The number of nitrogens with one attached hydrogen (secondary N) is 2. The Morgan fingerprint density at radius 3 is 2.44 bits per heavy atom. The van der Waals surface area contributed by atoms with Crippen molar-refractivity contribution in [3.63, 3.8) is 0 Å². The number of rotatable bonds is 5. The lowest BCUT2D eigenvalue weighted by Crippen LogP contribution is -2.48. The molecule has 0 bridgehead atoms. The summed E-state index contributed by atoms with van der Waals surface area (Å²) in [7, 11) is 0. The molecule has 1 aromatic heterocycles. The second kappa shape index (κ2) is 7.17. The Balaban J connectivity index is 1.80. The van der Waals surface area contributed by atoms with Crippen molar-refractivity contribution < 1.29 is 23.9 Å². The molecule has 0 atom stereocenters. The van der Waals surface area contributed by atoms with E-state index in [0.717, 1.165) is 24.2 Å². The van der Waals surface area contributed by atoms with Crippen molar-refractivity contribution in [2.45, 2.75) is 58.4 Å². The van der Waals surface area contributed by atoms with Crippen LogP contribution in [-0.4, -0.2) is 52.3 Å². The Kier molecular flexibility index (Phi) is 5.08. The molecule has 1 saturated heterocycles. The summed E-state index contributed by atoms with van der Waals surface area (Å²) in [6.45, 7) is 4.92. The van der Waals surface area contributed by atoms with Crippen LogP contribution in [0.2, 0.25) is 0 Å². The number of aromatic nitrogens is 1. The number of hydrogen-bond donors (Lipinski definition) is 2. The van der Waals surface area contributed by atoms with Gasteiger partial charge in [-0.05, 0) is 39.2 Å². The molecule has 3 rings (SSSR count). The molecule has 2 N–H and O–H groups in total. The van der Waals surface area contributed by atoms with Gasteiger partial charge in [-0.3, -0.25) is 14.5 Å². The molecule has 2 aliphatic rings. The monoisotopic (exact) mass is 375 g/mol. The molecule has 0 unspecified atom stereocenters. The maximum absolute atomic E-state index is 12.8. The molecule has 1 aromatic rings. The van der Waals surface area contributed by atoms with Gasteiger partial charge in [-0.15, -0.1) is 0 Å². The van der Waals surface area contributed by atoms with Gasteiger partial charge in [-0.2, -0.15) is 0 Å². The van der Waals surface area contributed by atoms with Gasteiger partial charge in [0.25, 0.3) is 5.91 Å². The zero-order valence-electron chi connectivity index (χ0n) is 15.9. The fourth-order valence-electron chi connectivity index (χ4n) is 4.07. The summed E-state index contributed by atoms with van der Waals surface area (Å²) in [5.74, 6) is -1.24. The van der Waals surface area contributed by atoms with Crippen LogP contribution in [0.1, 0.15) is 71.1 Å². The molecule has 1 saturated carbocycles. The molecule has 1 aliphatic heterocycles. The number of imide groups is 1. The fourth-order valence-corrected chi connectivity index (χ4v) is 4.07. The van der Waals surface area contributed by atoms with Crippen molar-refractivity contribution >= 4 is 23.7 Å². The van der Waals surface area contributed by atoms with Crippen LogP contribution >= 0.6 is 0 Å². The van der Waals surface area contributed by atoms with Gasteiger partial charge in [0.1, 0.15) is 5.54 Å². The lowest BCUT2D eigenvalue weighted by Gasteiger charge is -2.30. The molecule has 0 radical (unpaired) electrons. The van der Waals surface area contributed by atoms with Crippen LogP contribution in [0.3, 0.4) is 0 Å². The quantitative estimate of drug-likeness (QED) is 0.466. The number of aryl methyl sites for hydroxylation is 1. The first-order chi connectivity index (χ1) is 12.8. The normalized spacial score (nSPS) is 18.7. The number of amides is 3. The van der Waals surface area contributed by atoms with E-state index in [1.807, 2.05) is 0 Å². The molecule has 8 nitrogen and oxygen atoms in total. The number of ketones is 1. The third-order valence-corrected chi connectivity index (χ3v) is 5.45. The molecule has 1 aliphatic carbocycles. The van der Waals surface area contributed by atoms with Crippen LogP contribution in [0.5, 0.6) is 0 Å². The third-order valence-electron chi connectivity index (χ3n) is 5.45. The predicted molar refractivity (Wildman–Crippen MR) is 96.6 cm³/mol. The van der Waals surface area contributed by atoms with Crippen LogP contribution in [0.4, 0.5) is 4.79 Å². The minimum Gasteiger partial charge on any atom is -0.462 e. The molecule has 0 aromatic carbocycles. The molecular weight excluding hydrogens is 350 g/mol. The average Bonchev–Trinajstić information content (AvgIpc) is 3.04. The van der Waals surface area contributed by atoms with E-state index in [0.29, 0.717) is 29.7 Å². The highest BCUT2D eigenvalue weighted by molar-refractivity contribution is 6.11. The summed E-state index contributed by atoms with van der Waals surface area (Å²) in [6, 6.07) is -0.526. The maximum atomic E-state index is 12.8. The molecule has 3 amide bonds. The number of carbonyl (C=O) groups is 4.